The van der Waals surface area contributed by atoms with Gasteiger partial charge >= 0.3 is 5.97 Å². The highest BCUT2D eigenvalue weighted by Crippen LogP contribution is 2.20. The van der Waals surface area contributed by atoms with Crippen LogP contribution in [0.25, 0.3) is 0 Å². The first-order valence-corrected chi connectivity index (χ1v) is 3.67. The number of hydrogen-bond acceptors (Lipinski definition) is 5. The van der Waals surface area contributed by atoms with Gasteiger partial charge in [-0.2, -0.15) is 0 Å². The van der Waals surface area contributed by atoms with E-state index in [4.69, 9.17) is 2.74 Å². The SMILES string of the molecule is [2H]C1([2H])C(C(=O)OC)=C[C@@H](O)[C@@H](O)[C@@H]1O. The molecule has 0 saturated carbocycles. The number of carbonyl (C=O) groups excluding carboxylic acids is 1. The Kier molecular flexibility index (Phi) is 2.23. The second kappa shape index (κ2) is 3.87. The molecule has 13 heavy (non-hydrogen) atoms. The van der Waals surface area contributed by atoms with Gasteiger partial charge in [-0.3, -0.25) is 0 Å². The van der Waals surface area contributed by atoms with Gasteiger partial charge in [-0.05, 0) is 6.08 Å². The molecule has 0 saturated heterocycles. The summed E-state index contributed by atoms with van der Waals surface area (Å²) in [6.45, 7) is 0. The van der Waals surface area contributed by atoms with Crippen molar-refractivity contribution in [1.29, 1.82) is 0 Å². The molecule has 1 aliphatic carbocycles. The fourth-order valence-corrected chi connectivity index (χ4v) is 0.986. The highest BCUT2D eigenvalue weighted by atomic mass is 16.5. The van der Waals surface area contributed by atoms with Crippen LogP contribution < -0.4 is 0 Å². The van der Waals surface area contributed by atoms with Gasteiger partial charge in [-0.15, -0.1) is 0 Å². The third-order valence-electron chi connectivity index (χ3n) is 1.72. The molecule has 74 valence electrons. The van der Waals surface area contributed by atoms with Crippen molar-refractivity contribution in [2.75, 3.05) is 7.11 Å². The summed E-state index contributed by atoms with van der Waals surface area (Å²) >= 11 is 0. The molecular formula is C8H12O5. The fourth-order valence-electron chi connectivity index (χ4n) is 0.986. The number of hydrogen-bond donors (Lipinski definition) is 3. The predicted molar refractivity (Wildman–Crippen MR) is 42.7 cm³/mol. The lowest BCUT2D eigenvalue weighted by Gasteiger charge is -2.26. The third-order valence-corrected chi connectivity index (χ3v) is 1.72. The Morgan fingerprint density at radius 1 is 1.69 bits per heavy atom. The smallest absolute Gasteiger partial charge is 0.333 e. The molecule has 1 aliphatic rings. The number of esters is 1. The van der Waals surface area contributed by atoms with E-state index < -0.39 is 36.2 Å². The fraction of sp³-hybridized carbons (Fsp3) is 0.625. The van der Waals surface area contributed by atoms with E-state index in [0.717, 1.165) is 13.2 Å². The first-order valence-electron chi connectivity index (χ1n) is 4.67. The van der Waals surface area contributed by atoms with E-state index in [1.807, 2.05) is 0 Å². The van der Waals surface area contributed by atoms with Gasteiger partial charge in [0.2, 0.25) is 0 Å². The summed E-state index contributed by atoms with van der Waals surface area (Å²) < 4.78 is 19.1. The Balaban J connectivity index is 3.13. The largest absolute Gasteiger partial charge is 0.466 e. The van der Waals surface area contributed by atoms with E-state index >= 15 is 0 Å². The second-order valence-electron chi connectivity index (χ2n) is 2.64. The molecule has 3 N–H and O–H groups in total. The van der Waals surface area contributed by atoms with Gasteiger partial charge in [-0.1, -0.05) is 0 Å². The maximum atomic E-state index is 11.1. The predicted octanol–water partition coefficient (Wildman–Crippen LogP) is -1.43. The molecule has 0 heterocycles. The first kappa shape index (κ1) is 7.49. The van der Waals surface area contributed by atoms with Crippen LogP contribution in [0.3, 0.4) is 0 Å². The van der Waals surface area contributed by atoms with Gasteiger partial charge in [0.1, 0.15) is 12.2 Å². The van der Waals surface area contributed by atoms with Crippen LogP contribution in [-0.2, 0) is 9.53 Å². The van der Waals surface area contributed by atoms with E-state index in [9.17, 15) is 20.1 Å². The number of methoxy groups -OCH3 is 1. The average Bonchev–Trinajstić information content (AvgIpc) is 2.20. The van der Waals surface area contributed by atoms with E-state index in [1.165, 1.54) is 0 Å². The van der Waals surface area contributed by atoms with Gasteiger partial charge in [0, 0.05) is 14.7 Å². The van der Waals surface area contributed by atoms with Crippen molar-refractivity contribution in [3.05, 3.63) is 11.6 Å². The van der Waals surface area contributed by atoms with E-state index in [2.05, 4.69) is 4.74 Å². The van der Waals surface area contributed by atoms with E-state index in [-0.39, 0.29) is 0 Å². The molecule has 0 spiro atoms. The van der Waals surface area contributed by atoms with E-state index in [0.29, 0.717) is 0 Å². The topological polar surface area (TPSA) is 87.0 Å². The lowest BCUT2D eigenvalue weighted by atomic mass is 9.92. The van der Waals surface area contributed by atoms with Crippen LogP contribution in [0.4, 0.5) is 0 Å². The average molecular weight is 190 g/mol. The van der Waals surface area contributed by atoms with E-state index in [1.54, 1.807) is 0 Å². The molecule has 0 aromatic heterocycles. The Morgan fingerprint density at radius 3 is 2.85 bits per heavy atom. The maximum Gasteiger partial charge on any atom is 0.333 e. The minimum Gasteiger partial charge on any atom is -0.466 e. The zero-order valence-corrected chi connectivity index (χ0v) is 6.97. The van der Waals surface area contributed by atoms with Gasteiger partial charge in [0.25, 0.3) is 0 Å². The number of carbonyl (C=O) groups is 1. The van der Waals surface area contributed by atoms with Crippen LogP contribution in [0.15, 0.2) is 11.6 Å². The summed E-state index contributed by atoms with van der Waals surface area (Å²) in [6, 6.07) is 0. The Bertz CT molecular complexity index is 301. The number of aliphatic hydroxyl groups is 3. The Morgan fingerprint density at radius 2 is 2.31 bits per heavy atom. The number of rotatable bonds is 1. The van der Waals surface area contributed by atoms with Crippen molar-refractivity contribution in [1.82, 2.24) is 0 Å². The molecule has 5 heteroatoms. The summed E-state index contributed by atoms with van der Waals surface area (Å²) in [7, 11) is 1.06. The molecule has 0 bridgehead atoms. The van der Waals surface area contributed by atoms with Gasteiger partial charge in [-0.25, -0.2) is 4.79 Å². The molecule has 0 aromatic carbocycles. The van der Waals surface area contributed by atoms with Crippen molar-refractivity contribution in [2.45, 2.75) is 24.7 Å². The molecule has 0 unspecified atom stereocenters. The molecule has 5 nitrogen and oxygen atoms in total. The molecule has 1 rings (SSSR count). The van der Waals surface area contributed by atoms with Crippen LogP contribution >= 0.6 is 0 Å². The zero-order valence-electron chi connectivity index (χ0n) is 8.97. The summed E-state index contributed by atoms with van der Waals surface area (Å²) in [5, 5.41) is 27.8. The van der Waals surface area contributed by atoms with Gasteiger partial charge in [0.15, 0.2) is 0 Å². The number of aliphatic hydroxyl groups excluding tert-OH is 3. The maximum absolute atomic E-state index is 11.1. The summed E-state index contributed by atoms with van der Waals surface area (Å²) in [4.78, 5) is 11.1. The molecule has 0 fully saturated rings. The van der Waals surface area contributed by atoms with Crippen molar-refractivity contribution in [2.24, 2.45) is 0 Å². The standard InChI is InChI=1S/C8H12O5/c1-13-8(12)4-2-5(9)7(11)6(10)3-4/h2,5-7,9-11H,3H2,1H3/t5-,6-,7-/m1/s1/i3D2. The first-order chi connectivity index (χ1) is 6.82. The normalized spacial score (nSPS) is 40.0. The Hall–Kier alpha value is -0.910. The summed E-state index contributed by atoms with van der Waals surface area (Å²) in [5.41, 5.74) is -0.490. The highest BCUT2D eigenvalue weighted by Gasteiger charge is 2.31. The zero-order chi connectivity index (χ0) is 11.8. The van der Waals surface area contributed by atoms with Crippen LogP contribution in [0.2, 0.25) is 0 Å². The molecule has 0 aliphatic heterocycles. The van der Waals surface area contributed by atoms with Crippen molar-refractivity contribution in [3.63, 3.8) is 0 Å². The molecule has 0 radical (unpaired) electrons. The second-order valence-corrected chi connectivity index (χ2v) is 2.64. The monoisotopic (exact) mass is 190 g/mol. The quantitative estimate of drug-likeness (QED) is 0.441. The molecular weight excluding hydrogens is 176 g/mol. The van der Waals surface area contributed by atoms with Crippen molar-refractivity contribution >= 4 is 5.97 Å². The van der Waals surface area contributed by atoms with Crippen LogP contribution in [0.1, 0.15) is 9.11 Å². The van der Waals surface area contributed by atoms with Crippen molar-refractivity contribution < 1.29 is 27.6 Å². The Labute approximate surface area is 78.1 Å². The van der Waals surface area contributed by atoms with Crippen LogP contribution in [0, 0.1) is 0 Å². The third kappa shape index (κ3) is 2.06. The minimum atomic E-state index is -2.44. The molecule has 3 atom stereocenters. The lowest BCUT2D eigenvalue weighted by molar-refractivity contribution is -0.137. The summed E-state index contributed by atoms with van der Waals surface area (Å²) in [6.07, 6.45) is -6.60. The van der Waals surface area contributed by atoms with Gasteiger partial charge in [0.05, 0.1) is 13.2 Å². The highest BCUT2D eigenvalue weighted by molar-refractivity contribution is 5.88. The van der Waals surface area contributed by atoms with Gasteiger partial charge < -0.3 is 20.1 Å². The molecule has 0 aromatic rings. The number of ether oxygens (including phenoxy) is 1. The van der Waals surface area contributed by atoms with Crippen molar-refractivity contribution in [3.8, 4) is 0 Å². The van der Waals surface area contributed by atoms with Crippen LogP contribution in [0.5, 0.6) is 0 Å². The molecule has 0 amide bonds. The summed E-state index contributed by atoms with van der Waals surface area (Å²) in [5.74, 6) is -0.981. The minimum absolute atomic E-state index is 0.490. The lowest BCUT2D eigenvalue weighted by Crippen LogP contribution is -2.40. The van der Waals surface area contributed by atoms with Crippen LogP contribution in [-0.4, -0.2) is 46.7 Å².